The van der Waals surface area contributed by atoms with Crippen molar-refractivity contribution in [3.05, 3.63) is 11.8 Å². The van der Waals surface area contributed by atoms with Crippen molar-refractivity contribution in [2.24, 2.45) is 11.7 Å². The Balaban J connectivity index is 1.41. The van der Waals surface area contributed by atoms with Crippen molar-refractivity contribution in [1.82, 2.24) is 25.1 Å². The Morgan fingerprint density at radius 3 is 2.74 bits per heavy atom. The molecule has 4 heterocycles. The van der Waals surface area contributed by atoms with Gasteiger partial charge in [-0.25, -0.2) is 4.79 Å². The highest BCUT2D eigenvalue weighted by atomic mass is 32.3. The largest absolute Gasteiger partial charge is 0.423 e. The number of amides is 2. The molecule has 148 valence electrons. The smallest absolute Gasteiger partial charge is 0.418 e. The molecular formula is C13H19N7O6S. The first-order chi connectivity index (χ1) is 12.7. The van der Waals surface area contributed by atoms with Crippen molar-refractivity contribution in [2.45, 2.75) is 31.3 Å². The van der Waals surface area contributed by atoms with Crippen LogP contribution in [0, 0.1) is 11.3 Å². The van der Waals surface area contributed by atoms with Crippen LogP contribution in [0.1, 0.15) is 30.7 Å². The summed E-state index contributed by atoms with van der Waals surface area (Å²) >= 11 is 0. The number of hydrogen-bond donors (Lipinski definition) is 3. The lowest BCUT2D eigenvalue weighted by Crippen LogP contribution is -2.53. The molecule has 1 aromatic rings. The normalized spacial score (nSPS) is 25.8. The number of likely N-dealkylation sites (tertiary alicyclic amines) is 1. The Labute approximate surface area is 154 Å². The predicted molar refractivity (Wildman–Crippen MR) is 87.3 cm³/mol. The molecule has 3 fully saturated rings. The fourth-order valence-electron chi connectivity index (χ4n) is 3.71. The van der Waals surface area contributed by atoms with Crippen LogP contribution >= 0.6 is 0 Å². The van der Waals surface area contributed by atoms with Gasteiger partial charge in [-0.2, -0.15) is 13.5 Å². The number of rotatable bonds is 5. The minimum Gasteiger partial charge on any atom is -0.423 e. The van der Waals surface area contributed by atoms with Crippen LogP contribution in [-0.2, 0) is 21.1 Å². The molecule has 2 atom stereocenters. The van der Waals surface area contributed by atoms with E-state index in [1.54, 1.807) is 4.90 Å². The van der Waals surface area contributed by atoms with Gasteiger partial charge in [0.05, 0.1) is 6.04 Å². The first-order valence-electron chi connectivity index (χ1n) is 8.39. The van der Waals surface area contributed by atoms with Gasteiger partial charge in [-0.3, -0.25) is 9.96 Å². The molecule has 3 saturated heterocycles. The van der Waals surface area contributed by atoms with E-state index in [1.165, 1.54) is 4.90 Å². The fourth-order valence-corrected chi connectivity index (χ4v) is 4.10. The highest BCUT2D eigenvalue weighted by molar-refractivity contribution is 7.80. The van der Waals surface area contributed by atoms with Crippen LogP contribution in [0.15, 0.2) is 4.42 Å². The van der Waals surface area contributed by atoms with Gasteiger partial charge in [-0.1, -0.05) is 0 Å². The molecule has 0 saturated carbocycles. The summed E-state index contributed by atoms with van der Waals surface area (Å²) in [7, 11) is -4.78. The molecule has 4 rings (SSSR count). The molecule has 3 aliphatic heterocycles. The summed E-state index contributed by atoms with van der Waals surface area (Å²) in [6.45, 7) is 1.56. The lowest BCUT2D eigenvalue weighted by Gasteiger charge is -2.38. The molecule has 1 aromatic heterocycles. The van der Waals surface area contributed by atoms with Gasteiger partial charge in [0.15, 0.2) is 5.96 Å². The SMILES string of the molecule is N=C(N)N1CC(Cc2nnc([C@@H]3CC[C@H]4CN3C(=O)N4OS(=O)(=O)O)o2)C1. The second-order valence-corrected chi connectivity index (χ2v) is 7.91. The Hall–Kier alpha value is -2.45. The van der Waals surface area contributed by atoms with E-state index in [1.807, 2.05) is 0 Å². The number of fused-ring (bicyclic) bond motifs is 2. The van der Waals surface area contributed by atoms with Gasteiger partial charge in [0.1, 0.15) is 6.04 Å². The standard InChI is InChI=1S/C13H19N7O6S/c14-12(15)18-4-7(5-18)3-10-16-17-11(25-10)9-2-1-8-6-19(9)13(21)20(8)26-27(22,23)24/h7-9H,1-6H2,(H3,14,15)(H,22,23,24)/t8-,9-/m0/s1. The van der Waals surface area contributed by atoms with Crippen molar-refractivity contribution in [3.63, 3.8) is 0 Å². The molecule has 14 heteroatoms. The lowest BCUT2D eigenvalue weighted by atomic mass is 9.97. The number of hydrogen-bond acceptors (Lipinski definition) is 8. The van der Waals surface area contributed by atoms with Crippen LogP contribution in [-0.4, -0.2) is 75.7 Å². The molecule has 2 amide bonds. The minimum atomic E-state index is -4.78. The third-order valence-corrected chi connectivity index (χ3v) is 5.38. The van der Waals surface area contributed by atoms with Crippen LogP contribution in [0.4, 0.5) is 4.79 Å². The first kappa shape index (κ1) is 17.9. The molecule has 0 aliphatic carbocycles. The maximum atomic E-state index is 12.4. The Bertz CT molecular complexity index is 866. The van der Waals surface area contributed by atoms with Crippen molar-refractivity contribution in [1.29, 1.82) is 5.41 Å². The third kappa shape index (κ3) is 3.42. The molecule has 27 heavy (non-hydrogen) atoms. The molecule has 0 aromatic carbocycles. The van der Waals surface area contributed by atoms with Crippen molar-refractivity contribution in [2.75, 3.05) is 19.6 Å². The third-order valence-electron chi connectivity index (χ3n) is 5.03. The minimum absolute atomic E-state index is 0.0402. The van der Waals surface area contributed by atoms with Crippen molar-refractivity contribution < 1.29 is 26.5 Å². The van der Waals surface area contributed by atoms with Crippen LogP contribution in [0.3, 0.4) is 0 Å². The van der Waals surface area contributed by atoms with Gasteiger partial charge >= 0.3 is 16.4 Å². The topological polar surface area (TPSA) is 179 Å². The maximum Gasteiger partial charge on any atom is 0.418 e. The second kappa shape index (κ2) is 6.31. The van der Waals surface area contributed by atoms with Crippen molar-refractivity contribution >= 4 is 22.4 Å². The second-order valence-electron chi connectivity index (χ2n) is 6.90. The summed E-state index contributed by atoms with van der Waals surface area (Å²) in [5.74, 6) is 1.04. The number of nitrogens with zero attached hydrogens (tertiary/aromatic N) is 5. The number of guanidine groups is 1. The van der Waals surface area contributed by atoms with Crippen LogP contribution in [0.2, 0.25) is 0 Å². The lowest BCUT2D eigenvalue weighted by molar-refractivity contribution is -0.0317. The van der Waals surface area contributed by atoms with E-state index in [0.717, 1.165) is 0 Å². The summed E-state index contributed by atoms with van der Waals surface area (Å²) in [6, 6.07) is -1.61. The number of nitrogens with two attached hydrogens (primary N) is 1. The van der Waals surface area contributed by atoms with E-state index in [2.05, 4.69) is 14.5 Å². The van der Waals surface area contributed by atoms with Gasteiger partial charge in [-0.15, -0.1) is 14.5 Å². The fraction of sp³-hybridized carbons (Fsp3) is 0.692. The molecule has 4 N–H and O–H groups in total. The quantitative estimate of drug-likeness (QED) is 0.318. The van der Waals surface area contributed by atoms with Crippen LogP contribution < -0.4 is 5.73 Å². The van der Waals surface area contributed by atoms with Crippen LogP contribution in [0.25, 0.3) is 0 Å². The summed E-state index contributed by atoms with van der Waals surface area (Å²) in [5.41, 5.74) is 5.40. The monoisotopic (exact) mass is 401 g/mol. The molecule has 0 spiro atoms. The van der Waals surface area contributed by atoms with Crippen molar-refractivity contribution in [3.8, 4) is 0 Å². The molecule has 0 unspecified atom stereocenters. The molecule has 13 nitrogen and oxygen atoms in total. The van der Waals surface area contributed by atoms with Gasteiger partial charge in [0.2, 0.25) is 11.8 Å². The number of aromatic nitrogens is 2. The molecule has 0 radical (unpaired) electrons. The number of piperidine rings is 1. The summed E-state index contributed by atoms with van der Waals surface area (Å²) in [5, 5.41) is 16.1. The Morgan fingerprint density at radius 2 is 2.07 bits per heavy atom. The maximum absolute atomic E-state index is 12.4. The van der Waals surface area contributed by atoms with Gasteiger partial charge in [0.25, 0.3) is 0 Å². The van der Waals surface area contributed by atoms with Gasteiger partial charge in [-0.05, 0) is 12.8 Å². The van der Waals surface area contributed by atoms with Gasteiger partial charge in [0, 0.05) is 32.0 Å². The number of nitrogens with one attached hydrogen (secondary N) is 1. The number of carbonyl (C=O) groups excluding carboxylic acids is 1. The highest BCUT2D eigenvalue weighted by Crippen LogP contribution is 2.38. The number of hydroxylamine groups is 2. The molecule has 3 aliphatic rings. The highest BCUT2D eigenvalue weighted by Gasteiger charge is 2.49. The molecule has 2 bridgehead atoms. The zero-order chi connectivity index (χ0) is 19.3. The van der Waals surface area contributed by atoms with E-state index in [0.29, 0.717) is 43.3 Å². The first-order valence-corrected chi connectivity index (χ1v) is 9.76. The van der Waals surface area contributed by atoms with Gasteiger partial charge < -0.3 is 20.0 Å². The average molecular weight is 401 g/mol. The Morgan fingerprint density at radius 1 is 1.33 bits per heavy atom. The number of carbonyl (C=O) groups is 1. The van der Waals surface area contributed by atoms with E-state index in [-0.39, 0.29) is 24.3 Å². The summed E-state index contributed by atoms with van der Waals surface area (Å²) < 4.78 is 40.8. The van der Waals surface area contributed by atoms with E-state index >= 15 is 0 Å². The van der Waals surface area contributed by atoms with E-state index < -0.39 is 28.5 Å². The Kier molecular flexibility index (Phi) is 4.20. The number of urea groups is 1. The average Bonchev–Trinajstić information content (AvgIpc) is 3.09. The predicted octanol–water partition coefficient (Wildman–Crippen LogP) is -0.887. The van der Waals surface area contributed by atoms with E-state index in [4.69, 9.17) is 20.1 Å². The summed E-state index contributed by atoms with van der Waals surface area (Å²) in [4.78, 5) is 15.5. The zero-order valence-electron chi connectivity index (χ0n) is 14.2. The molecular weight excluding hydrogens is 382 g/mol. The van der Waals surface area contributed by atoms with Crippen LogP contribution in [0.5, 0.6) is 0 Å². The summed E-state index contributed by atoms with van der Waals surface area (Å²) in [6.07, 6.45) is 1.53. The van der Waals surface area contributed by atoms with E-state index in [9.17, 15) is 13.2 Å². The zero-order valence-corrected chi connectivity index (χ0v) is 15.0.